The zero-order valence-electron chi connectivity index (χ0n) is 26.1. The van der Waals surface area contributed by atoms with Crippen LogP contribution < -0.4 is 10.6 Å². The third-order valence-corrected chi connectivity index (χ3v) is 7.90. The van der Waals surface area contributed by atoms with Gasteiger partial charge in [0.05, 0.1) is 0 Å². The first-order valence-electron chi connectivity index (χ1n) is 14.7. The number of hydrogen-bond donors (Lipinski definition) is 2. The number of cyclic esters (lactones) is 1. The first-order chi connectivity index (χ1) is 20.3. The van der Waals surface area contributed by atoms with Crippen molar-refractivity contribution in [2.75, 3.05) is 14.1 Å². The summed E-state index contributed by atoms with van der Waals surface area (Å²) in [4.78, 5) is 71.1. The summed E-state index contributed by atoms with van der Waals surface area (Å²) in [5.74, 6) is -3.67. The molecule has 0 bridgehead atoms. The van der Waals surface area contributed by atoms with Crippen molar-refractivity contribution in [3.05, 3.63) is 71.8 Å². The van der Waals surface area contributed by atoms with Gasteiger partial charge in [-0.1, -0.05) is 88.4 Å². The van der Waals surface area contributed by atoms with E-state index in [-0.39, 0.29) is 18.8 Å². The molecule has 5 atom stereocenters. The van der Waals surface area contributed by atoms with Crippen LogP contribution in [0.15, 0.2) is 60.7 Å². The lowest BCUT2D eigenvalue weighted by molar-refractivity contribution is -0.167. The molecule has 232 valence electrons. The molecule has 1 unspecified atom stereocenters. The maximum atomic E-state index is 14.0. The Morgan fingerprint density at radius 1 is 0.698 bits per heavy atom. The largest absolute Gasteiger partial charge is 0.450 e. The van der Waals surface area contributed by atoms with E-state index >= 15 is 0 Å². The summed E-state index contributed by atoms with van der Waals surface area (Å²) in [6.07, 6.45) is -0.842. The summed E-state index contributed by atoms with van der Waals surface area (Å²) in [5, 5.41) is 5.64. The molecule has 0 spiro atoms. The Balaban J connectivity index is 2.11. The van der Waals surface area contributed by atoms with Gasteiger partial charge in [-0.3, -0.25) is 19.2 Å². The molecule has 0 aromatic heterocycles. The minimum atomic E-state index is -1.18. The zero-order valence-corrected chi connectivity index (χ0v) is 26.1. The SMILES string of the molecule is CC(C)C1OC(=O)[C@@H](C(C)C)NC(=O)[C@@H](Cc2ccccc2)NC(=O)[C@@H](Cc2ccccc2)N(C)C(=O)[C@@H](C)N(C)C1=O. The van der Waals surface area contributed by atoms with Gasteiger partial charge >= 0.3 is 5.97 Å². The molecular formula is C33H44N4O6. The van der Waals surface area contributed by atoms with Crippen molar-refractivity contribution < 1.29 is 28.7 Å². The lowest BCUT2D eigenvalue weighted by Gasteiger charge is -2.34. The number of ether oxygens (including phenoxy) is 1. The summed E-state index contributed by atoms with van der Waals surface area (Å²) >= 11 is 0. The van der Waals surface area contributed by atoms with Crippen LogP contribution >= 0.6 is 0 Å². The molecule has 1 aliphatic rings. The second-order valence-corrected chi connectivity index (χ2v) is 11.9. The van der Waals surface area contributed by atoms with Crippen LogP contribution in [0.4, 0.5) is 0 Å². The summed E-state index contributed by atoms with van der Waals surface area (Å²) in [6.45, 7) is 8.58. The first-order valence-corrected chi connectivity index (χ1v) is 14.7. The molecule has 43 heavy (non-hydrogen) atoms. The summed E-state index contributed by atoms with van der Waals surface area (Å²) in [5.41, 5.74) is 1.62. The van der Waals surface area contributed by atoms with Crippen molar-refractivity contribution in [2.24, 2.45) is 11.8 Å². The molecule has 2 aromatic rings. The number of nitrogens with zero attached hydrogens (tertiary/aromatic N) is 2. The Morgan fingerprint density at radius 2 is 1.23 bits per heavy atom. The monoisotopic (exact) mass is 592 g/mol. The van der Waals surface area contributed by atoms with Crippen LogP contribution in [0.1, 0.15) is 45.7 Å². The van der Waals surface area contributed by atoms with Crippen molar-refractivity contribution >= 4 is 29.6 Å². The average molecular weight is 593 g/mol. The van der Waals surface area contributed by atoms with Gasteiger partial charge in [0.15, 0.2) is 6.10 Å². The number of rotatable bonds is 6. The Bertz CT molecular complexity index is 1280. The fourth-order valence-electron chi connectivity index (χ4n) is 5.00. The first kappa shape index (κ1) is 33.3. The van der Waals surface area contributed by atoms with Gasteiger partial charge in [-0.2, -0.15) is 0 Å². The van der Waals surface area contributed by atoms with Gasteiger partial charge < -0.3 is 25.2 Å². The van der Waals surface area contributed by atoms with Crippen molar-refractivity contribution in [3.8, 4) is 0 Å². The van der Waals surface area contributed by atoms with Crippen molar-refractivity contribution in [1.82, 2.24) is 20.4 Å². The highest BCUT2D eigenvalue weighted by molar-refractivity contribution is 5.96. The predicted molar refractivity (Wildman–Crippen MR) is 162 cm³/mol. The van der Waals surface area contributed by atoms with E-state index in [2.05, 4.69) is 10.6 Å². The third-order valence-electron chi connectivity index (χ3n) is 7.90. The molecule has 2 aromatic carbocycles. The van der Waals surface area contributed by atoms with E-state index in [9.17, 15) is 24.0 Å². The molecule has 0 saturated carbocycles. The van der Waals surface area contributed by atoms with E-state index in [1.165, 1.54) is 23.9 Å². The number of benzene rings is 2. The molecule has 1 aliphatic heterocycles. The molecule has 2 N–H and O–H groups in total. The van der Waals surface area contributed by atoms with Gasteiger partial charge in [0.2, 0.25) is 17.7 Å². The van der Waals surface area contributed by atoms with E-state index in [1.54, 1.807) is 34.6 Å². The molecule has 0 aliphatic carbocycles. The highest BCUT2D eigenvalue weighted by atomic mass is 16.6. The summed E-state index contributed by atoms with van der Waals surface area (Å²) < 4.78 is 5.72. The molecule has 0 radical (unpaired) electrons. The Labute approximate surface area is 254 Å². The molecule has 1 heterocycles. The van der Waals surface area contributed by atoms with Crippen molar-refractivity contribution in [3.63, 3.8) is 0 Å². The Morgan fingerprint density at radius 3 is 1.74 bits per heavy atom. The second kappa shape index (κ2) is 14.8. The van der Waals surface area contributed by atoms with Gasteiger partial charge in [-0.25, -0.2) is 4.79 Å². The van der Waals surface area contributed by atoms with Gasteiger partial charge in [0, 0.05) is 26.9 Å². The quantitative estimate of drug-likeness (QED) is 0.497. The third kappa shape index (κ3) is 8.43. The molecule has 4 amide bonds. The maximum Gasteiger partial charge on any atom is 0.329 e. The lowest BCUT2D eigenvalue weighted by atomic mass is 10.00. The standard InChI is InChI=1S/C33H44N4O6/c1-20(2)27-33(42)43-28(21(3)4)32(41)36(6)22(5)31(40)37(7)26(19-24-16-12-9-13-17-24)30(39)34-25(29(38)35-27)18-23-14-10-8-11-15-23/h8-17,20-22,25-28H,18-19H2,1-7H3,(H,34,39)(H,35,38)/t22-,25-,26-,27-,28?/m1/s1. The van der Waals surface area contributed by atoms with Crippen LogP contribution in [-0.2, 0) is 41.6 Å². The van der Waals surface area contributed by atoms with Crippen molar-refractivity contribution in [2.45, 2.75) is 77.7 Å². The van der Waals surface area contributed by atoms with Crippen LogP contribution in [-0.4, -0.2) is 83.8 Å². The molecule has 10 heteroatoms. The van der Waals surface area contributed by atoms with Crippen LogP contribution in [0.25, 0.3) is 0 Å². The lowest BCUT2D eigenvalue weighted by Crippen LogP contribution is -2.58. The minimum absolute atomic E-state index is 0.153. The molecule has 1 saturated heterocycles. The minimum Gasteiger partial charge on any atom is -0.450 e. The number of amides is 4. The Kier molecular flexibility index (Phi) is 11.5. The topological polar surface area (TPSA) is 125 Å². The van der Waals surface area contributed by atoms with Gasteiger partial charge in [-0.05, 0) is 29.9 Å². The predicted octanol–water partition coefficient (Wildman–Crippen LogP) is 2.35. The van der Waals surface area contributed by atoms with Crippen LogP contribution in [0, 0.1) is 11.8 Å². The molecule has 1 fully saturated rings. The number of nitrogens with one attached hydrogen (secondary N) is 2. The zero-order chi connectivity index (χ0) is 31.8. The molecular weight excluding hydrogens is 548 g/mol. The van der Waals surface area contributed by atoms with Crippen LogP contribution in [0.3, 0.4) is 0 Å². The highest BCUT2D eigenvalue weighted by Crippen LogP contribution is 2.18. The second-order valence-electron chi connectivity index (χ2n) is 11.9. The summed E-state index contributed by atoms with van der Waals surface area (Å²) in [7, 11) is 2.99. The van der Waals surface area contributed by atoms with E-state index in [4.69, 9.17) is 4.74 Å². The van der Waals surface area contributed by atoms with Gasteiger partial charge in [0.25, 0.3) is 5.91 Å². The van der Waals surface area contributed by atoms with Crippen LogP contribution in [0.2, 0.25) is 0 Å². The van der Waals surface area contributed by atoms with E-state index in [0.717, 1.165) is 11.1 Å². The fourth-order valence-corrected chi connectivity index (χ4v) is 5.00. The van der Waals surface area contributed by atoms with E-state index in [1.807, 2.05) is 60.7 Å². The Hall–Kier alpha value is -4.21. The number of likely N-dealkylation sites (N-methyl/N-ethyl adjacent to an activating group) is 2. The summed E-state index contributed by atoms with van der Waals surface area (Å²) in [6, 6.07) is 14.4. The van der Waals surface area contributed by atoms with Crippen LogP contribution in [0.5, 0.6) is 0 Å². The maximum absolute atomic E-state index is 14.0. The number of carbonyl (C=O) groups is 5. The number of carbonyl (C=O) groups excluding carboxylic acids is 5. The van der Waals surface area contributed by atoms with Gasteiger partial charge in [-0.15, -0.1) is 0 Å². The molecule has 3 rings (SSSR count). The fraction of sp³-hybridized carbons (Fsp3) is 0.485. The highest BCUT2D eigenvalue weighted by Gasteiger charge is 2.40. The average Bonchev–Trinajstić information content (AvgIpc) is 2.99. The smallest absolute Gasteiger partial charge is 0.329 e. The molecule has 10 nitrogen and oxygen atoms in total. The van der Waals surface area contributed by atoms with E-state index in [0.29, 0.717) is 0 Å². The van der Waals surface area contributed by atoms with Crippen molar-refractivity contribution in [1.29, 1.82) is 0 Å². The number of esters is 1. The normalized spacial score (nSPS) is 24.8. The van der Waals surface area contributed by atoms with E-state index < -0.39 is 65.8 Å². The van der Waals surface area contributed by atoms with Gasteiger partial charge in [0.1, 0.15) is 24.2 Å². The number of hydrogen-bond acceptors (Lipinski definition) is 6.